The molecule has 1 amide bonds. The molecular formula is C27H17Cl2NO4. The Labute approximate surface area is 205 Å². The van der Waals surface area contributed by atoms with Crippen LogP contribution in [0.4, 0.5) is 5.69 Å². The number of carbonyl (C=O) groups excluding carboxylic acids is 2. The van der Waals surface area contributed by atoms with Gasteiger partial charge in [-0.2, -0.15) is 0 Å². The zero-order chi connectivity index (χ0) is 24.0. The van der Waals surface area contributed by atoms with E-state index >= 15 is 0 Å². The second kappa shape index (κ2) is 8.52. The van der Waals surface area contributed by atoms with Crippen LogP contribution in [0.25, 0.3) is 16.5 Å². The molecule has 0 radical (unpaired) electrons. The van der Waals surface area contributed by atoms with Crippen LogP contribution in [0.3, 0.4) is 0 Å². The normalized spacial score (nSPS) is 17.5. The van der Waals surface area contributed by atoms with Crippen molar-refractivity contribution in [2.45, 2.75) is 6.04 Å². The van der Waals surface area contributed by atoms with Gasteiger partial charge in [-0.05, 0) is 52.7 Å². The number of aromatic hydroxyl groups is 1. The van der Waals surface area contributed by atoms with E-state index in [9.17, 15) is 19.8 Å². The number of hydrogen-bond donors (Lipinski definition) is 2. The molecule has 0 saturated carbocycles. The third kappa shape index (κ3) is 3.79. The quantitative estimate of drug-likeness (QED) is 0.196. The Morgan fingerprint density at radius 2 is 1.44 bits per heavy atom. The molecule has 0 aliphatic carbocycles. The highest BCUT2D eigenvalue weighted by Gasteiger charge is 2.47. The predicted octanol–water partition coefficient (Wildman–Crippen LogP) is 6.48. The lowest BCUT2D eigenvalue weighted by molar-refractivity contribution is -0.132. The fourth-order valence-corrected chi connectivity index (χ4v) is 4.76. The molecule has 5 rings (SSSR count). The smallest absolute Gasteiger partial charge is 0.300 e. The summed E-state index contributed by atoms with van der Waals surface area (Å²) in [6, 6.07) is 22.7. The Bertz CT molecular complexity index is 1470. The van der Waals surface area contributed by atoms with Gasteiger partial charge < -0.3 is 10.2 Å². The van der Waals surface area contributed by atoms with E-state index < -0.39 is 17.7 Å². The van der Waals surface area contributed by atoms with Gasteiger partial charge in [0.25, 0.3) is 11.7 Å². The number of ketones is 1. The Morgan fingerprint density at radius 3 is 2.12 bits per heavy atom. The molecule has 1 fully saturated rings. The highest BCUT2D eigenvalue weighted by Crippen LogP contribution is 2.43. The highest BCUT2D eigenvalue weighted by atomic mass is 35.5. The zero-order valence-corrected chi connectivity index (χ0v) is 19.1. The van der Waals surface area contributed by atoms with E-state index in [-0.39, 0.29) is 17.1 Å². The van der Waals surface area contributed by atoms with Crippen LogP contribution >= 0.6 is 23.2 Å². The number of halogens is 2. The van der Waals surface area contributed by atoms with Crippen LogP contribution in [0.2, 0.25) is 10.0 Å². The summed E-state index contributed by atoms with van der Waals surface area (Å²) in [5, 5.41) is 23.5. The maximum atomic E-state index is 13.3. The van der Waals surface area contributed by atoms with Gasteiger partial charge in [0.05, 0.1) is 11.6 Å². The number of Topliss-reactive ketones (excluding diaryl/α,β-unsaturated/α-hetero) is 1. The summed E-state index contributed by atoms with van der Waals surface area (Å²) in [6.07, 6.45) is 0. The standard InChI is InChI=1S/C27H17Cl2NO4/c28-19-12-20(29)14-21(13-19)30-24(16-7-9-22(31)10-8-16)23(26(33)27(30)34)25(32)18-6-5-15-3-1-2-4-17(15)11-18/h1-14,24,31-32H/b25-23-. The zero-order valence-electron chi connectivity index (χ0n) is 17.6. The lowest BCUT2D eigenvalue weighted by atomic mass is 9.94. The molecule has 1 heterocycles. The van der Waals surface area contributed by atoms with E-state index in [0.29, 0.717) is 26.9 Å². The molecule has 1 aliphatic rings. The number of phenolic OH excluding ortho intramolecular Hbond substituents is 1. The fraction of sp³-hybridized carbons (Fsp3) is 0.0370. The van der Waals surface area contributed by atoms with Crippen LogP contribution < -0.4 is 4.90 Å². The monoisotopic (exact) mass is 489 g/mol. The molecule has 7 heteroatoms. The molecular weight excluding hydrogens is 473 g/mol. The Kier molecular flexibility index (Phi) is 5.52. The number of phenols is 1. The first-order valence-electron chi connectivity index (χ1n) is 10.4. The highest BCUT2D eigenvalue weighted by molar-refractivity contribution is 6.52. The van der Waals surface area contributed by atoms with Crippen molar-refractivity contribution in [1.29, 1.82) is 0 Å². The van der Waals surface area contributed by atoms with Gasteiger partial charge in [-0.3, -0.25) is 14.5 Å². The average molecular weight is 490 g/mol. The van der Waals surface area contributed by atoms with E-state index in [1.807, 2.05) is 30.3 Å². The van der Waals surface area contributed by atoms with Gasteiger partial charge in [0, 0.05) is 21.3 Å². The number of benzene rings is 4. The van der Waals surface area contributed by atoms with Crippen molar-refractivity contribution in [3.63, 3.8) is 0 Å². The minimum absolute atomic E-state index is 0.0287. The van der Waals surface area contributed by atoms with Crippen molar-refractivity contribution < 1.29 is 19.8 Å². The second-order valence-corrected chi connectivity index (χ2v) is 8.82. The fourth-order valence-electron chi connectivity index (χ4n) is 4.24. The van der Waals surface area contributed by atoms with Crippen molar-refractivity contribution in [3.05, 3.63) is 112 Å². The van der Waals surface area contributed by atoms with Gasteiger partial charge >= 0.3 is 0 Å². The third-order valence-corrected chi connectivity index (χ3v) is 6.24. The number of amides is 1. The molecule has 2 N–H and O–H groups in total. The molecule has 5 nitrogen and oxygen atoms in total. The van der Waals surface area contributed by atoms with E-state index in [1.165, 1.54) is 35.2 Å². The SMILES string of the molecule is O=C1C(=O)N(c2cc(Cl)cc(Cl)c2)C(c2ccc(O)cc2)/C1=C(/O)c1ccc2ccccc2c1. The van der Waals surface area contributed by atoms with Crippen molar-refractivity contribution in [1.82, 2.24) is 0 Å². The lowest BCUT2D eigenvalue weighted by Crippen LogP contribution is -2.29. The van der Waals surface area contributed by atoms with Gasteiger partial charge in [0.2, 0.25) is 0 Å². The molecule has 168 valence electrons. The third-order valence-electron chi connectivity index (χ3n) is 5.80. The molecule has 0 bridgehead atoms. The van der Waals surface area contributed by atoms with Gasteiger partial charge in [-0.25, -0.2) is 0 Å². The summed E-state index contributed by atoms with van der Waals surface area (Å²) in [4.78, 5) is 27.8. The predicted molar refractivity (Wildman–Crippen MR) is 133 cm³/mol. The van der Waals surface area contributed by atoms with Crippen molar-refractivity contribution in [2.24, 2.45) is 0 Å². The van der Waals surface area contributed by atoms with E-state index in [0.717, 1.165) is 10.8 Å². The first-order valence-corrected chi connectivity index (χ1v) is 11.1. The summed E-state index contributed by atoms with van der Waals surface area (Å²) < 4.78 is 0. The molecule has 4 aromatic rings. The van der Waals surface area contributed by atoms with E-state index in [2.05, 4.69) is 0 Å². The molecule has 4 aromatic carbocycles. The Hall–Kier alpha value is -3.80. The maximum absolute atomic E-state index is 13.3. The number of carbonyl (C=O) groups is 2. The van der Waals surface area contributed by atoms with Crippen LogP contribution in [0.15, 0.2) is 90.5 Å². The summed E-state index contributed by atoms with van der Waals surface area (Å²) in [7, 11) is 0. The number of fused-ring (bicyclic) bond motifs is 1. The van der Waals surface area contributed by atoms with Crippen molar-refractivity contribution in [2.75, 3.05) is 4.90 Å². The number of anilines is 1. The van der Waals surface area contributed by atoms with E-state index in [1.54, 1.807) is 24.3 Å². The van der Waals surface area contributed by atoms with Crippen LogP contribution in [-0.4, -0.2) is 21.9 Å². The number of nitrogens with zero attached hydrogens (tertiary/aromatic N) is 1. The largest absolute Gasteiger partial charge is 0.508 e. The van der Waals surface area contributed by atoms with Crippen molar-refractivity contribution in [3.8, 4) is 5.75 Å². The molecule has 1 unspecified atom stereocenters. The summed E-state index contributed by atoms with van der Waals surface area (Å²) in [5.74, 6) is -1.92. The Balaban J connectivity index is 1.74. The van der Waals surface area contributed by atoms with E-state index in [4.69, 9.17) is 23.2 Å². The van der Waals surface area contributed by atoms with Crippen molar-refractivity contribution >= 4 is 57.1 Å². The number of aliphatic hydroxyl groups excluding tert-OH is 1. The molecule has 34 heavy (non-hydrogen) atoms. The van der Waals surface area contributed by atoms with Crippen LogP contribution in [0.1, 0.15) is 17.2 Å². The number of hydrogen-bond acceptors (Lipinski definition) is 4. The lowest BCUT2D eigenvalue weighted by Gasteiger charge is -2.26. The first-order chi connectivity index (χ1) is 16.3. The molecule has 0 aromatic heterocycles. The minimum Gasteiger partial charge on any atom is -0.508 e. The molecule has 0 spiro atoms. The number of aliphatic hydroxyl groups is 1. The molecule has 1 atom stereocenters. The Morgan fingerprint density at radius 1 is 0.794 bits per heavy atom. The summed E-state index contributed by atoms with van der Waals surface area (Å²) in [5.41, 5.74) is 1.18. The molecule has 1 aliphatic heterocycles. The molecule has 1 saturated heterocycles. The summed E-state index contributed by atoms with van der Waals surface area (Å²) in [6.45, 7) is 0. The second-order valence-electron chi connectivity index (χ2n) is 7.95. The minimum atomic E-state index is -0.957. The van der Waals surface area contributed by atoms with Crippen LogP contribution in [-0.2, 0) is 9.59 Å². The van der Waals surface area contributed by atoms with Gasteiger partial charge in [-0.15, -0.1) is 0 Å². The number of rotatable bonds is 3. The van der Waals surface area contributed by atoms with Crippen LogP contribution in [0.5, 0.6) is 5.75 Å². The maximum Gasteiger partial charge on any atom is 0.300 e. The van der Waals surface area contributed by atoms with Crippen LogP contribution in [0, 0.1) is 0 Å². The van der Waals surface area contributed by atoms with Gasteiger partial charge in [0.1, 0.15) is 11.5 Å². The van der Waals surface area contributed by atoms with Gasteiger partial charge in [0.15, 0.2) is 0 Å². The topological polar surface area (TPSA) is 77.8 Å². The van der Waals surface area contributed by atoms with Gasteiger partial charge in [-0.1, -0.05) is 71.7 Å². The first kappa shape index (κ1) is 22.0. The average Bonchev–Trinajstić information content (AvgIpc) is 3.08. The summed E-state index contributed by atoms with van der Waals surface area (Å²) >= 11 is 12.4.